The quantitative estimate of drug-likeness (QED) is 0.312. The van der Waals surface area contributed by atoms with Gasteiger partial charge in [0.05, 0.1) is 35.2 Å². The number of carbonyl (C=O) groups excluding carboxylic acids is 2. The Bertz CT molecular complexity index is 1110. The highest BCUT2D eigenvalue weighted by molar-refractivity contribution is 6.00. The van der Waals surface area contributed by atoms with Gasteiger partial charge in [0, 0.05) is 29.6 Å². The van der Waals surface area contributed by atoms with E-state index in [4.69, 9.17) is 9.47 Å². The molecule has 0 fully saturated rings. The molecule has 0 aliphatic carbocycles. The number of ether oxygens (including phenoxy) is 2. The minimum Gasteiger partial charge on any atom is -0.463 e. The lowest BCUT2D eigenvalue weighted by Gasteiger charge is -2.37. The second kappa shape index (κ2) is 10.8. The van der Waals surface area contributed by atoms with Gasteiger partial charge >= 0.3 is 11.9 Å². The number of hydrogen-bond acceptors (Lipinski definition) is 7. The van der Waals surface area contributed by atoms with Gasteiger partial charge in [0.25, 0.3) is 5.69 Å². The normalized spacial score (nSPS) is 14.3. The Hall–Kier alpha value is -3.94. The fraction of sp³-hybridized carbons (Fsp3) is 0.308. The molecule has 0 atom stereocenters. The molecule has 0 bridgehead atoms. The van der Waals surface area contributed by atoms with Crippen LogP contribution in [0.5, 0.6) is 0 Å². The molecular formula is C26H28N2O6. The molecule has 0 saturated carbocycles. The van der Waals surface area contributed by atoms with Crippen molar-refractivity contribution in [3.63, 3.8) is 0 Å². The van der Waals surface area contributed by atoms with Crippen molar-refractivity contribution < 1.29 is 24.0 Å². The molecule has 0 radical (unpaired) electrons. The van der Waals surface area contributed by atoms with Gasteiger partial charge in [-0.05, 0) is 33.3 Å². The van der Waals surface area contributed by atoms with E-state index < -0.39 is 22.8 Å². The van der Waals surface area contributed by atoms with Crippen LogP contribution in [0.1, 0.15) is 44.7 Å². The van der Waals surface area contributed by atoms with Crippen molar-refractivity contribution in [1.82, 2.24) is 4.90 Å². The highest BCUT2D eigenvalue weighted by Crippen LogP contribution is 2.45. The van der Waals surface area contributed by atoms with Gasteiger partial charge < -0.3 is 14.4 Å². The number of esters is 2. The number of nitro benzene ring substituents is 1. The zero-order chi connectivity index (χ0) is 24.8. The number of para-hydroxylation sites is 1. The zero-order valence-corrected chi connectivity index (χ0v) is 19.7. The Labute approximate surface area is 198 Å². The van der Waals surface area contributed by atoms with Crippen LogP contribution < -0.4 is 0 Å². The SMILES string of the molecule is CCOC(=O)C1=C(C)N(Cc2ccccc2)C(C)=C(C(=O)OCC)C1c1ccccc1[N+](=O)[O-]. The van der Waals surface area contributed by atoms with Crippen molar-refractivity contribution in [2.75, 3.05) is 13.2 Å². The second-order valence-corrected chi connectivity index (χ2v) is 7.76. The lowest BCUT2D eigenvalue weighted by molar-refractivity contribution is -0.385. The number of rotatable bonds is 8. The molecule has 3 rings (SSSR count). The molecule has 0 N–H and O–H groups in total. The first-order chi connectivity index (χ1) is 16.3. The van der Waals surface area contributed by atoms with Crippen LogP contribution in [-0.2, 0) is 25.6 Å². The zero-order valence-electron chi connectivity index (χ0n) is 19.7. The van der Waals surface area contributed by atoms with E-state index >= 15 is 0 Å². The van der Waals surface area contributed by atoms with E-state index in [9.17, 15) is 19.7 Å². The van der Waals surface area contributed by atoms with E-state index in [1.165, 1.54) is 6.07 Å². The van der Waals surface area contributed by atoms with Crippen LogP contribution in [0.15, 0.2) is 77.1 Å². The molecular weight excluding hydrogens is 436 g/mol. The van der Waals surface area contributed by atoms with Crippen LogP contribution in [0.2, 0.25) is 0 Å². The van der Waals surface area contributed by atoms with E-state index in [-0.39, 0.29) is 35.6 Å². The number of nitro groups is 1. The summed E-state index contributed by atoms with van der Waals surface area (Å²) >= 11 is 0. The molecule has 2 aromatic rings. The fourth-order valence-electron chi connectivity index (χ4n) is 4.27. The van der Waals surface area contributed by atoms with E-state index in [2.05, 4.69) is 0 Å². The summed E-state index contributed by atoms with van der Waals surface area (Å²) in [6, 6.07) is 15.7. The van der Waals surface area contributed by atoms with Crippen LogP contribution in [0.3, 0.4) is 0 Å². The molecule has 0 spiro atoms. The van der Waals surface area contributed by atoms with Crippen molar-refractivity contribution in [3.8, 4) is 0 Å². The molecule has 0 saturated heterocycles. The second-order valence-electron chi connectivity index (χ2n) is 7.76. The highest BCUT2D eigenvalue weighted by atomic mass is 16.6. The molecule has 2 aromatic carbocycles. The molecule has 8 heteroatoms. The van der Waals surface area contributed by atoms with Crippen LogP contribution in [-0.4, -0.2) is 35.0 Å². The Morgan fingerprint density at radius 1 is 0.882 bits per heavy atom. The number of allylic oxidation sites excluding steroid dienone is 2. The minimum absolute atomic E-state index is 0.120. The van der Waals surface area contributed by atoms with Gasteiger partial charge in [-0.15, -0.1) is 0 Å². The third-order valence-corrected chi connectivity index (χ3v) is 5.79. The lowest BCUT2D eigenvalue weighted by atomic mass is 9.79. The summed E-state index contributed by atoms with van der Waals surface area (Å²) in [5, 5.41) is 11.9. The Kier molecular flexibility index (Phi) is 7.83. The van der Waals surface area contributed by atoms with E-state index in [0.29, 0.717) is 17.9 Å². The molecule has 1 heterocycles. The van der Waals surface area contributed by atoms with Gasteiger partial charge in [-0.3, -0.25) is 10.1 Å². The summed E-state index contributed by atoms with van der Waals surface area (Å²) in [5.74, 6) is -2.27. The monoisotopic (exact) mass is 464 g/mol. The van der Waals surface area contributed by atoms with Gasteiger partial charge in [0.15, 0.2) is 0 Å². The summed E-state index contributed by atoms with van der Waals surface area (Å²) in [6.07, 6.45) is 0. The number of carbonyl (C=O) groups is 2. The third-order valence-electron chi connectivity index (χ3n) is 5.79. The smallest absolute Gasteiger partial charge is 0.336 e. The van der Waals surface area contributed by atoms with E-state index in [1.807, 2.05) is 35.2 Å². The van der Waals surface area contributed by atoms with E-state index in [0.717, 1.165) is 5.56 Å². The van der Waals surface area contributed by atoms with Gasteiger partial charge in [-0.25, -0.2) is 9.59 Å². The summed E-state index contributed by atoms with van der Waals surface area (Å²) in [7, 11) is 0. The molecule has 8 nitrogen and oxygen atoms in total. The van der Waals surface area contributed by atoms with Crippen LogP contribution in [0, 0.1) is 10.1 Å². The standard InChI is InChI=1S/C26H28N2O6/c1-5-33-25(29)22-17(3)27(16-19-12-8-7-9-13-19)18(4)23(26(30)34-6-2)24(22)20-14-10-11-15-21(20)28(31)32/h7-15,24H,5-6,16H2,1-4H3. The average molecular weight is 465 g/mol. The van der Waals surface area contributed by atoms with Crippen molar-refractivity contribution >= 4 is 17.6 Å². The Morgan fingerprint density at radius 3 is 1.88 bits per heavy atom. The molecule has 0 unspecified atom stereocenters. The summed E-state index contributed by atoms with van der Waals surface area (Å²) in [4.78, 5) is 39.7. The molecule has 1 aliphatic heterocycles. The Morgan fingerprint density at radius 2 is 1.38 bits per heavy atom. The Balaban J connectivity index is 2.30. The van der Waals surface area contributed by atoms with Crippen LogP contribution >= 0.6 is 0 Å². The topological polar surface area (TPSA) is 99.0 Å². The number of benzene rings is 2. The highest BCUT2D eigenvalue weighted by Gasteiger charge is 2.42. The lowest BCUT2D eigenvalue weighted by Crippen LogP contribution is -2.35. The maximum absolute atomic E-state index is 13.3. The van der Waals surface area contributed by atoms with Gasteiger partial charge in [-0.1, -0.05) is 48.5 Å². The fourth-order valence-corrected chi connectivity index (χ4v) is 4.27. The van der Waals surface area contributed by atoms with Crippen LogP contribution in [0.4, 0.5) is 5.69 Å². The van der Waals surface area contributed by atoms with Crippen molar-refractivity contribution in [1.29, 1.82) is 0 Å². The maximum Gasteiger partial charge on any atom is 0.336 e. The van der Waals surface area contributed by atoms with Crippen molar-refractivity contribution in [2.24, 2.45) is 0 Å². The minimum atomic E-state index is -1.01. The number of nitrogens with zero attached hydrogens (tertiary/aromatic N) is 2. The molecule has 178 valence electrons. The number of hydrogen-bond donors (Lipinski definition) is 0. The molecule has 1 aliphatic rings. The van der Waals surface area contributed by atoms with E-state index in [1.54, 1.807) is 45.9 Å². The summed E-state index contributed by atoms with van der Waals surface area (Å²) in [5.41, 5.74) is 2.51. The largest absolute Gasteiger partial charge is 0.463 e. The first kappa shape index (κ1) is 24.7. The maximum atomic E-state index is 13.3. The predicted molar refractivity (Wildman–Crippen MR) is 126 cm³/mol. The molecule has 0 aromatic heterocycles. The van der Waals surface area contributed by atoms with Gasteiger partial charge in [0.2, 0.25) is 0 Å². The first-order valence-corrected chi connectivity index (χ1v) is 11.1. The van der Waals surface area contributed by atoms with Crippen molar-refractivity contribution in [3.05, 3.63) is 98.4 Å². The molecule has 34 heavy (non-hydrogen) atoms. The third kappa shape index (κ3) is 4.85. The van der Waals surface area contributed by atoms with Crippen LogP contribution in [0.25, 0.3) is 0 Å². The van der Waals surface area contributed by atoms with Gasteiger partial charge in [0.1, 0.15) is 0 Å². The van der Waals surface area contributed by atoms with Crippen molar-refractivity contribution in [2.45, 2.75) is 40.2 Å². The first-order valence-electron chi connectivity index (χ1n) is 11.1. The summed E-state index contributed by atoms with van der Waals surface area (Å²) in [6.45, 7) is 7.54. The van der Waals surface area contributed by atoms with Gasteiger partial charge in [-0.2, -0.15) is 0 Å². The molecule has 0 amide bonds. The summed E-state index contributed by atoms with van der Waals surface area (Å²) < 4.78 is 10.7. The predicted octanol–water partition coefficient (Wildman–Crippen LogP) is 4.87. The average Bonchev–Trinajstić information content (AvgIpc) is 2.82.